The maximum Gasteiger partial charge on any atom is 0.171 e. The van der Waals surface area contributed by atoms with Crippen LogP contribution in [0.4, 0.5) is 11.6 Å². The van der Waals surface area contributed by atoms with E-state index in [1.807, 2.05) is 38.1 Å². The van der Waals surface area contributed by atoms with Crippen molar-refractivity contribution in [2.24, 2.45) is 0 Å². The van der Waals surface area contributed by atoms with E-state index in [0.717, 1.165) is 27.8 Å². The molecule has 0 unspecified atom stereocenters. The lowest BCUT2D eigenvalue weighted by Gasteiger charge is -2.15. The summed E-state index contributed by atoms with van der Waals surface area (Å²) in [6.45, 7) is 2.69. The van der Waals surface area contributed by atoms with Crippen LogP contribution in [0.3, 0.4) is 0 Å². The number of nitrogens with zero attached hydrogens (tertiary/aromatic N) is 3. The highest BCUT2D eigenvalue weighted by atomic mass is 35.5. The van der Waals surface area contributed by atoms with Gasteiger partial charge in [-0.1, -0.05) is 23.7 Å². The summed E-state index contributed by atoms with van der Waals surface area (Å²) in [6, 6.07) is 5.99. The average molecular weight is 277 g/mol. The van der Waals surface area contributed by atoms with Gasteiger partial charge >= 0.3 is 0 Å². The van der Waals surface area contributed by atoms with E-state index in [2.05, 4.69) is 21.4 Å². The Labute approximate surface area is 118 Å². The highest BCUT2D eigenvalue weighted by molar-refractivity contribution is 6.31. The SMILES string of the molecule is Cc1cc(CNc2nccnc2N(C)C)ccc1Cl. The molecule has 0 bridgehead atoms. The summed E-state index contributed by atoms with van der Waals surface area (Å²) in [5.41, 5.74) is 2.24. The molecule has 19 heavy (non-hydrogen) atoms. The Kier molecular flexibility index (Phi) is 4.22. The molecule has 1 aromatic heterocycles. The van der Waals surface area contributed by atoms with E-state index in [4.69, 9.17) is 11.6 Å². The highest BCUT2D eigenvalue weighted by Gasteiger charge is 2.06. The fourth-order valence-electron chi connectivity index (χ4n) is 1.79. The van der Waals surface area contributed by atoms with Crippen LogP contribution in [0.1, 0.15) is 11.1 Å². The van der Waals surface area contributed by atoms with Crippen molar-refractivity contribution in [2.45, 2.75) is 13.5 Å². The summed E-state index contributed by atoms with van der Waals surface area (Å²) in [7, 11) is 3.89. The Bertz CT molecular complexity index is 569. The number of anilines is 2. The number of aryl methyl sites for hydroxylation is 1. The molecule has 1 N–H and O–H groups in total. The Morgan fingerprint density at radius 1 is 1.21 bits per heavy atom. The Morgan fingerprint density at radius 2 is 1.95 bits per heavy atom. The molecule has 2 aromatic rings. The minimum atomic E-state index is 0.692. The van der Waals surface area contributed by atoms with Gasteiger partial charge in [-0.15, -0.1) is 0 Å². The van der Waals surface area contributed by atoms with Gasteiger partial charge in [0.25, 0.3) is 0 Å². The van der Waals surface area contributed by atoms with E-state index in [0.29, 0.717) is 6.54 Å². The highest BCUT2D eigenvalue weighted by Crippen LogP contribution is 2.20. The number of benzene rings is 1. The molecule has 100 valence electrons. The van der Waals surface area contributed by atoms with Gasteiger partial charge < -0.3 is 10.2 Å². The Morgan fingerprint density at radius 3 is 2.63 bits per heavy atom. The summed E-state index contributed by atoms with van der Waals surface area (Å²) < 4.78 is 0. The first-order chi connectivity index (χ1) is 9.08. The molecule has 0 saturated heterocycles. The number of halogens is 1. The van der Waals surface area contributed by atoms with Gasteiger partial charge in [-0.25, -0.2) is 9.97 Å². The Hall–Kier alpha value is -1.81. The monoisotopic (exact) mass is 276 g/mol. The molecule has 0 aliphatic rings. The summed E-state index contributed by atoms with van der Waals surface area (Å²) in [6.07, 6.45) is 3.37. The fourth-order valence-corrected chi connectivity index (χ4v) is 1.90. The van der Waals surface area contributed by atoms with E-state index in [1.54, 1.807) is 12.4 Å². The zero-order chi connectivity index (χ0) is 13.8. The summed E-state index contributed by atoms with van der Waals surface area (Å²) >= 11 is 6.02. The third kappa shape index (κ3) is 3.35. The molecule has 0 aliphatic carbocycles. The third-order valence-corrected chi connectivity index (χ3v) is 3.21. The molecule has 4 nitrogen and oxygen atoms in total. The van der Waals surface area contributed by atoms with Gasteiger partial charge in [0.2, 0.25) is 0 Å². The van der Waals surface area contributed by atoms with Gasteiger partial charge in [0, 0.05) is 38.1 Å². The largest absolute Gasteiger partial charge is 0.363 e. The van der Waals surface area contributed by atoms with E-state index in [1.165, 1.54) is 0 Å². The smallest absolute Gasteiger partial charge is 0.171 e. The molecule has 2 rings (SSSR count). The maximum absolute atomic E-state index is 6.02. The van der Waals surface area contributed by atoms with Crippen LogP contribution in [0.15, 0.2) is 30.6 Å². The summed E-state index contributed by atoms with van der Waals surface area (Å²) in [5, 5.41) is 4.09. The van der Waals surface area contributed by atoms with Crippen LogP contribution in [-0.2, 0) is 6.54 Å². The first kappa shape index (κ1) is 13.6. The predicted molar refractivity (Wildman–Crippen MR) is 79.9 cm³/mol. The molecule has 0 saturated carbocycles. The quantitative estimate of drug-likeness (QED) is 0.932. The lowest BCUT2D eigenvalue weighted by atomic mass is 10.1. The molecular weight excluding hydrogens is 260 g/mol. The minimum Gasteiger partial charge on any atom is -0.363 e. The second-order valence-corrected chi connectivity index (χ2v) is 4.97. The topological polar surface area (TPSA) is 41.1 Å². The number of hydrogen-bond donors (Lipinski definition) is 1. The van der Waals surface area contributed by atoms with E-state index in [-0.39, 0.29) is 0 Å². The maximum atomic E-state index is 6.02. The molecule has 0 radical (unpaired) electrons. The van der Waals surface area contributed by atoms with Crippen molar-refractivity contribution in [1.82, 2.24) is 9.97 Å². The lowest BCUT2D eigenvalue weighted by molar-refractivity contribution is 1.02. The van der Waals surface area contributed by atoms with Gasteiger partial charge in [-0.05, 0) is 24.1 Å². The normalized spacial score (nSPS) is 10.3. The molecular formula is C14H17ClN4. The van der Waals surface area contributed by atoms with E-state index >= 15 is 0 Å². The third-order valence-electron chi connectivity index (χ3n) is 2.78. The van der Waals surface area contributed by atoms with Gasteiger partial charge in [0.05, 0.1) is 0 Å². The first-order valence-electron chi connectivity index (χ1n) is 6.05. The second-order valence-electron chi connectivity index (χ2n) is 4.56. The van der Waals surface area contributed by atoms with Gasteiger partial charge in [0.1, 0.15) is 0 Å². The van der Waals surface area contributed by atoms with Crippen LogP contribution >= 0.6 is 11.6 Å². The van der Waals surface area contributed by atoms with Gasteiger partial charge in [-0.3, -0.25) is 0 Å². The van der Waals surface area contributed by atoms with Gasteiger partial charge in [0.15, 0.2) is 11.6 Å². The van der Waals surface area contributed by atoms with Crippen LogP contribution in [0.5, 0.6) is 0 Å². The molecule has 0 fully saturated rings. The number of nitrogens with one attached hydrogen (secondary N) is 1. The fraction of sp³-hybridized carbons (Fsp3) is 0.286. The zero-order valence-electron chi connectivity index (χ0n) is 11.3. The van der Waals surface area contributed by atoms with Crippen LogP contribution < -0.4 is 10.2 Å². The molecule has 1 aromatic carbocycles. The van der Waals surface area contributed by atoms with Crippen molar-refractivity contribution in [3.8, 4) is 0 Å². The van der Waals surface area contributed by atoms with Crippen molar-refractivity contribution in [3.63, 3.8) is 0 Å². The number of aromatic nitrogens is 2. The van der Waals surface area contributed by atoms with Crippen molar-refractivity contribution in [1.29, 1.82) is 0 Å². The molecule has 0 aliphatic heterocycles. The predicted octanol–water partition coefficient (Wildman–Crippen LogP) is 3.12. The number of hydrogen-bond acceptors (Lipinski definition) is 4. The van der Waals surface area contributed by atoms with Crippen LogP contribution in [0.2, 0.25) is 5.02 Å². The van der Waals surface area contributed by atoms with Gasteiger partial charge in [-0.2, -0.15) is 0 Å². The van der Waals surface area contributed by atoms with Crippen LogP contribution in [-0.4, -0.2) is 24.1 Å². The van der Waals surface area contributed by atoms with E-state index in [9.17, 15) is 0 Å². The standard InChI is InChI=1S/C14H17ClN4/c1-10-8-11(4-5-12(10)15)9-18-13-14(19(2)3)17-7-6-16-13/h4-8H,9H2,1-3H3,(H,16,18). The molecule has 0 amide bonds. The Balaban J connectivity index is 2.12. The van der Waals surface area contributed by atoms with Crippen LogP contribution in [0, 0.1) is 6.92 Å². The molecule has 0 spiro atoms. The molecule has 5 heteroatoms. The summed E-state index contributed by atoms with van der Waals surface area (Å²) in [5.74, 6) is 1.60. The molecule has 0 atom stereocenters. The first-order valence-corrected chi connectivity index (χ1v) is 6.43. The van der Waals surface area contributed by atoms with Crippen molar-refractivity contribution in [3.05, 3.63) is 46.7 Å². The van der Waals surface area contributed by atoms with E-state index < -0.39 is 0 Å². The number of rotatable bonds is 4. The average Bonchev–Trinajstić information content (AvgIpc) is 2.40. The van der Waals surface area contributed by atoms with Crippen molar-refractivity contribution >= 4 is 23.2 Å². The molecule has 1 heterocycles. The zero-order valence-corrected chi connectivity index (χ0v) is 12.1. The van der Waals surface area contributed by atoms with Crippen molar-refractivity contribution in [2.75, 3.05) is 24.3 Å². The second kappa shape index (κ2) is 5.89. The van der Waals surface area contributed by atoms with Crippen LogP contribution in [0.25, 0.3) is 0 Å². The minimum absolute atomic E-state index is 0.692. The lowest BCUT2D eigenvalue weighted by Crippen LogP contribution is -2.14. The van der Waals surface area contributed by atoms with Crippen molar-refractivity contribution < 1.29 is 0 Å². The summed E-state index contributed by atoms with van der Waals surface area (Å²) in [4.78, 5) is 10.5.